The lowest BCUT2D eigenvalue weighted by Gasteiger charge is -2.25. The van der Waals surface area contributed by atoms with Crippen molar-refractivity contribution in [1.29, 1.82) is 0 Å². The number of para-hydroxylation sites is 1. The first-order valence-corrected chi connectivity index (χ1v) is 6.24. The van der Waals surface area contributed by atoms with E-state index in [2.05, 4.69) is 5.16 Å². The number of nitrogens with zero attached hydrogens (tertiary/aromatic N) is 2. The van der Waals surface area contributed by atoms with Crippen molar-refractivity contribution in [2.24, 2.45) is 22.7 Å². The van der Waals surface area contributed by atoms with Crippen LogP contribution in [-0.4, -0.2) is 24.0 Å². The zero-order valence-corrected chi connectivity index (χ0v) is 11.8. The van der Waals surface area contributed by atoms with Crippen LogP contribution in [0.15, 0.2) is 29.4 Å². The molecule has 0 aliphatic rings. The van der Waals surface area contributed by atoms with Gasteiger partial charge in [0, 0.05) is 18.5 Å². The topological polar surface area (TPSA) is 78.9 Å². The first-order chi connectivity index (χ1) is 8.90. The Morgan fingerprint density at radius 1 is 1.32 bits per heavy atom. The predicted molar refractivity (Wildman–Crippen MR) is 76.4 cm³/mol. The zero-order valence-electron chi connectivity index (χ0n) is 11.8. The molecule has 104 valence electrons. The number of amidine groups is 1. The number of nitrogens with two attached hydrogens (primary N) is 1. The molecule has 0 saturated carbocycles. The second-order valence-electron chi connectivity index (χ2n) is 4.93. The van der Waals surface area contributed by atoms with Crippen molar-refractivity contribution in [1.82, 2.24) is 0 Å². The van der Waals surface area contributed by atoms with E-state index in [0.29, 0.717) is 11.3 Å². The van der Waals surface area contributed by atoms with E-state index in [1.807, 2.05) is 26.8 Å². The highest BCUT2D eigenvalue weighted by atomic mass is 16.4. The molecule has 1 atom stereocenters. The minimum Gasteiger partial charge on any atom is -0.409 e. The fourth-order valence-corrected chi connectivity index (χ4v) is 1.75. The SMILES string of the molecule is CC(C)C(C)C(=O)N(C)c1ccccc1C(N)=NO. The lowest BCUT2D eigenvalue weighted by Crippen LogP contribution is -2.35. The summed E-state index contributed by atoms with van der Waals surface area (Å²) in [5.74, 6) is 0.164. The summed E-state index contributed by atoms with van der Waals surface area (Å²) in [5, 5.41) is 11.8. The summed E-state index contributed by atoms with van der Waals surface area (Å²) in [4.78, 5) is 13.9. The normalized spacial score (nSPS) is 13.4. The van der Waals surface area contributed by atoms with E-state index in [1.165, 1.54) is 0 Å². The molecule has 0 aromatic heterocycles. The van der Waals surface area contributed by atoms with Crippen LogP contribution in [0.3, 0.4) is 0 Å². The first-order valence-electron chi connectivity index (χ1n) is 6.24. The quantitative estimate of drug-likeness (QED) is 0.377. The van der Waals surface area contributed by atoms with Crippen molar-refractivity contribution < 1.29 is 10.0 Å². The molecule has 1 aromatic rings. The lowest BCUT2D eigenvalue weighted by molar-refractivity contribution is -0.122. The highest BCUT2D eigenvalue weighted by Crippen LogP contribution is 2.22. The molecule has 0 aliphatic carbocycles. The fraction of sp³-hybridized carbons (Fsp3) is 0.429. The Morgan fingerprint density at radius 3 is 2.42 bits per heavy atom. The highest BCUT2D eigenvalue weighted by Gasteiger charge is 2.23. The minimum absolute atomic E-state index is 0.00699. The van der Waals surface area contributed by atoms with E-state index < -0.39 is 0 Å². The molecule has 1 rings (SSSR count). The molecule has 0 saturated heterocycles. The number of hydrogen-bond acceptors (Lipinski definition) is 3. The van der Waals surface area contributed by atoms with Gasteiger partial charge in [-0.3, -0.25) is 4.79 Å². The summed E-state index contributed by atoms with van der Waals surface area (Å²) in [5.41, 5.74) is 6.80. The monoisotopic (exact) mass is 263 g/mol. The number of oxime groups is 1. The second kappa shape index (κ2) is 6.22. The van der Waals surface area contributed by atoms with E-state index in [1.54, 1.807) is 30.1 Å². The lowest BCUT2D eigenvalue weighted by atomic mass is 9.96. The van der Waals surface area contributed by atoms with Gasteiger partial charge in [0.2, 0.25) is 5.91 Å². The molecule has 1 unspecified atom stereocenters. The Bertz CT molecular complexity index is 483. The molecule has 0 radical (unpaired) electrons. The Morgan fingerprint density at radius 2 is 1.89 bits per heavy atom. The van der Waals surface area contributed by atoms with E-state index >= 15 is 0 Å². The molecule has 5 nitrogen and oxygen atoms in total. The molecule has 1 amide bonds. The molecule has 0 fully saturated rings. The number of benzene rings is 1. The van der Waals surface area contributed by atoms with Crippen LogP contribution in [0.25, 0.3) is 0 Å². The van der Waals surface area contributed by atoms with Crippen molar-refractivity contribution in [3.05, 3.63) is 29.8 Å². The number of rotatable bonds is 4. The van der Waals surface area contributed by atoms with Gasteiger partial charge in [-0.15, -0.1) is 0 Å². The summed E-state index contributed by atoms with van der Waals surface area (Å²) in [6.45, 7) is 5.91. The summed E-state index contributed by atoms with van der Waals surface area (Å²) >= 11 is 0. The predicted octanol–water partition coefficient (Wildman–Crippen LogP) is 2.04. The number of carbonyl (C=O) groups is 1. The Kier molecular flexibility index (Phi) is 4.92. The van der Waals surface area contributed by atoms with Gasteiger partial charge >= 0.3 is 0 Å². The smallest absolute Gasteiger partial charge is 0.229 e. The van der Waals surface area contributed by atoms with E-state index in [0.717, 1.165) is 0 Å². The summed E-state index contributed by atoms with van der Waals surface area (Å²) in [7, 11) is 1.70. The van der Waals surface area contributed by atoms with Gasteiger partial charge in [0.1, 0.15) is 0 Å². The zero-order chi connectivity index (χ0) is 14.6. The van der Waals surface area contributed by atoms with Gasteiger partial charge in [0.25, 0.3) is 0 Å². The number of carbonyl (C=O) groups excluding carboxylic acids is 1. The summed E-state index contributed by atoms with van der Waals surface area (Å²) < 4.78 is 0. The van der Waals surface area contributed by atoms with Crippen LogP contribution < -0.4 is 10.6 Å². The molecule has 1 aromatic carbocycles. The summed E-state index contributed by atoms with van der Waals surface area (Å²) in [6, 6.07) is 7.08. The molecule has 5 heteroatoms. The van der Waals surface area contributed by atoms with Gasteiger partial charge in [0.15, 0.2) is 5.84 Å². The largest absolute Gasteiger partial charge is 0.409 e. The molecule has 3 N–H and O–H groups in total. The van der Waals surface area contributed by atoms with Crippen molar-refractivity contribution in [2.75, 3.05) is 11.9 Å². The standard InChI is InChI=1S/C14H21N3O2/c1-9(2)10(3)14(18)17(4)12-8-6-5-7-11(12)13(15)16-19/h5-10,19H,1-4H3,(H2,15,16). The van der Waals surface area contributed by atoms with E-state index in [-0.39, 0.29) is 23.6 Å². The second-order valence-corrected chi connectivity index (χ2v) is 4.93. The molecular formula is C14H21N3O2. The maximum absolute atomic E-state index is 12.3. The third kappa shape index (κ3) is 3.24. The maximum atomic E-state index is 12.3. The number of hydrogen-bond donors (Lipinski definition) is 2. The Labute approximate surface area is 113 Å². The first kappa shape index (κ1) is 15.0. The van der Waals surface area contributed by atoms with Crippen molar-refractivity contribution in [3.63, 3.8) is 0 Å². The molecule has 19 heavy (non-hydrogen) atoms. The minimum atomic E-state index is -0.0923. The highest BCUT2D eigenvalue weighted by molar-refractivity contribution is 6.06. The summed E-state index contributed by atoms with van der Waals surface area (Å²) in [6.07, 6.45) is 0. The van der Waals surface area contributed by atoms with Crippen LogP contribution in [0.5, 0.6) is 0 Å². The van der Waals surface area contributed by atoms with Crippen molar-refractivity contribution in [3.8, 4) is 0 Å². The molecule has 0 bridgehead atoms. The molecule has 0 heterocycles. The Hall–Kier alpha value is -2.04. The van der Waals surface area contributed by atoms with Crippen LogP contribution >= 0.6 is 0 Å². The average Bonchev–Trinajstić information content (AvgIpc) is 2.43. The van der Waals surface area contributed by atoms with Gasteiger partial charge in [-0.25, -0.2) is 0 Å². The van der Waals surface area contributed by atoms with Gasteiger partial charge < -0.3 is 15.8 Å². The fourth-order valence-electron chi connectivity index (χ4n) is 1.75. The third-order valence-corrected chi connectivity index (χ3v) is 3.37. The van der Waals surface area contributed by atoms with Crippen LogP contribution in [0.4, 0.5) is 5.69 Å². The van der Waals surface area contributed by atoms with E-state index in [9.17, 15) is 4.79 Å². The van der Waals surface area contributed by atoms with Crippen LogP contribution in [-0.2, 0) is 4.79 Å². The Balaban J connectivity index is 3.13. The van der Waals surface area contributed by atoms with E-state index in [4.69, 9.17) is 10.9 Å². The number of amides is 1. The van der Waals surface area contributed by atoms with Crippen LogP contribution in [0.1, 0.15) is 26.3 Å². The van der Waals surface area contributed by atoms with Gasteiger partial charge in [0.05, 0.1) is 5.69 Å². The molecule has 0 aliphatic heterocycles. The van der Waals surface area contributed by atoms with Gasteiger partial charge in [-0.05, 0) is 18.1 Å². The van der Waals surface area contributed by atoms with Crippen molar-refractivity contribution in [2.45, 2.75) is 20.8 Å². The number of anilines is 1. The third-order valence-electron chi connectivity index (χ3n) is 3.37. The van der Waals surface area contributed by atoms with Crippen LogP contribution in [0, 0.1) is 11.8 Å². The van der Waals surface area contributed by atoms with Crippen molar-refractivity contribution >= 4 is 17.4 Å². The van der Waals surface area contributed by atoms with Crippen LogP contribution in [0.2, 0.25) is 0 Å². The average molecular weight is 263 g/mol. The van der Waals surface area contributed by atoms with Gasteiger partial charge in [-0.2, -0.15) is 0 Å². The van der Waals surface area contributed by atoms with Gasteiger partial charge in [-0.1, -0.05) is 38.1 Å². The molecule has 0 spiro atoms. The molecular weight excluding hydrogens is 242 g/mol. The maximum Gasteiger partial charge on any atom is 0.229 e.